The van der Waals surface area contributed by atoms with E-state index in [1.807, 2.05) is 24.9 Å². The van der Waals surface area contributed by atoms with E-state index in [4.69, 9.17) is 9.94 Å². The summed E-state index contributed by atoms with van der Waals surface area (Å²) in [6, 6.07) is 1.93. The third-order valence-corrected chi connectivity index (χ3v) is 4.50. The summed E-state index contributed by atoms with van der Waals surface area (Å²) in [7, 11) is 1.98. The molecule has 1 fully saturated rings. The second kappa shape index (κ2) is 8.29. The minimum absolute atomic E-state index is 0.101. The molecule has 0 atom stereocenters. The summed E-state index contributed by atoms with van der Waals surface area (Å²) in [4.78, 5) is 11.0. The van der Waals surface area contributed by atoms with Crippen LogP contribution in [0, 0.1) is 6.92 Å². The first-order chi connectivity index (χ1) is 11.0. The average molecular weight is 383 g/mol. The fourth-order valence-electron chi connectivity index (χ4n) is 2.31. The van der Waals surface area contributed by atoms with Crippen LogP contribution >= 0.6 is 15.9 Å². The van der Waals surface area contributed by atoms with E-state index in [0.29, 0.717) is 5.88 Å². The van der Waals surface area contributed by atoms with Gasteiger partial charge in [0.2, 0.25) is 5.88 Å². The van der Waals surface area contributed by atoms with Crippen LogP contribution in [-0.2, 0) is 0 Å². The van der Waals surface area contributed by atoms with E-state index in [9.17, 15) is 0 Å². The molecule has 0 spiro atoms. The van der Waals surface area contributed by atoms with Gasteiger partial charge in [-0.15, -0.1) is 0 Å². The van der Waals surface area contributed by atoms with Gasteiger partial charge in [-0.05, 0) is 61.5 Å². The Morgan fingerprint density at radius 3 is 2.78 bits per heavy atom. The predicted octanol–water partition coefficient (Wildman–Crippen LogP) is 3.92. The first-order valence-electron chi connectivity index (χ1n) is 7.81. The maximum absolute atomic E-state index is 8.80. The molecule has 2 rings (SSSR count). The first-order valence-corrected chi connectivity index (χ1v) is 8.60. The van der Waals surface area contributed by atoms with E-state index in [-0.39, 0.29) is 6.10 Å². The lowest BCUT2D eigenvalue weighted by molar-refractivity contribution is 0.168. The molecule has 0 aliphatic heterocycles. The third kappa shape index (κ3) is 4.92. The summed E-state index contributed by atoms with van der Waals surface area (Å²) in [6.45, 7) is 4.90. The smallest absolute Gasteiger partial charge is 0.228 e. The second-order valence-electron chi connectivity index (χ2n) is 5.68. The molecule has 0 saturated heterocycles. The molecule has 0 amide bonds. The molecule has 0 aromatic carbocycles. The molecule has 1 aliphatic rings. The number of aryl methyl sites for hydroxylation is 1. The van der Waals surface area contributed by atoms with Crippen molar-refractivity contribution >= 4 is 33.7 Å². The highest BCUT2D eigenvalue weighted by atomic mass is 79.9. The van der Waals surface area contributed by atoms with Gasteiger partial charge in [0.15, 0.2) is 0 Å². The number of halogens is 1. The lowest BCUT2D eigenvalue weighted by Crippen LogP contribution is -2.24. The maximum atomic E-state index is 8.80. The Bertz CT molecular complexity index is 594. The molecule has 1 heterocycles. The zero-order valence-electron chi connectivity index (χ0n) is 13.8. The van der Waals surface area contributed by atoms with Crippen LogP contribution in [0.15, 0.2) is 20.7 Å². The fourth-order valence-corrected chi connectivity index (χ4v) is 2.70. The third-order valence-electron chi connectivity index (χ3n) is 3.93. The van der Waals surface area contributed by atoms with Crippen molar-refractivity contribution in [3.8, 4) is 5.88 Å². The van der Waals surface area contributed by atoms with Crippen molar-refractivity contribution in [3.05, 3.63) is 16.2 Å². The van der Waals surface area contributed by atoms with E-state index in [2.05, 4.69) is 38.0 Å². The molecule has 0 bridgehead atoms. The molecule has 23 heavy (non-hydrogen) atoms. The van der Waals surface area contributed by atoms with Crippen LogP contribution in [0.3, 0.4) is 0 Å². The van der Waals surface area contributed by atoms with Gasteiger partial charge in [-0.3, -0.25) is 0 Å². The number of hydrogen-bond donors (Lipinski definition) is 1. The second-order valence-corrected chi connectivity index (χ2v) is 6.54. The van der Waals surface area contributed by atoms with Crippen molar-refractivity contribution in [1.29, 1.82) is 0 Å². The molecular formula is C16H23BrN4O2. The number of pyridine rings is 1. The summed E-state index contributed by atoms with van der Waals surface area (Å²) < 4.78 is 6.81. The van der Waals surface area contributed by atoms with Crippen LogP contribution in [0.2, 0.25) is 0 Å². The van der Waals surface area contributed by atoms with Gasteiger partial charge in [0.25, 0.3) is 0 Å². The Labute approximate surface area is 145 Å². The average Bonchev–Trinajstić information content (AvgIpc) is 2.57. The van der Waals surface area contributed by atoms with Crippen molar-refractivity contribution < 1.29 is 9.94 Å². The summed E-state index contributed by atoms with van der Waals surface area (Å²) in [6.07, 6.45) is 5.12. The zero-order chi connectivity index (χ0) is 16.8. The van der Waals surface area contributed by atoms with Crippen LogP contribution in [0.4, 0.5) is 5.69 Å². The molecule has 0 unspecified atom stereocenters. The summed E-state index contributed by atoms with van der Waals surface area (Å²) in [5.41, 5.74) is 2.50. The Balaban J connectivity index is 2.06. The van der Waals surface area contributed by atoms with Crippen molar-refractivity contribution in [2.45, 2.75) is 45.6 Å². The summed E-state index contributed by atoms with van der Waals surface area (Å²) in [5, 5.41) is 12.1. The molecule has 7 heteroatoms. The fraction of sp³-hybridized carbons (Fsp3) is 0.562. The zero-order valence-corrected chi connectivity index (χ0v) is 15.4. The van der Waals surface area contributed by atoms with Crippen molar-refractivity contribution in [2.75, 3.05) is 13.6 Å². The molecule has 126 valence electrons. The topological polar surface area (TPSA) is 70.3 Å². The molecular weight excluding hydrogens is 360 g/mol. The summed E-state index contributed by atoms with van der Waals surface area (Å²) in [5.74, 6) is 0.597. The Hall–Kier alpha value is -1.63. The number of nitrogens with zero attached hydrogens (tertiary/aromatic N) is 4. The predicted molar refractivity (Wildman–Crippen MR) is 95.2 cm³/mol. The van der Waals surface area contributed by atoms with Crippen molar-refractivity contribution in [2.24, 2.45) is 10.1 Å². The van der Waals surface area contributed by atoms with E-state index in [1.165, 1.54) is 0 Å². The standard InChI is InChI=1S/C16H23BrN4O2/c1-4-21(3)10-18-15-9-14(17)16(19-11(15)2)23-13-7-5-12(20-22)6-8-13/h9-10,13,22H,4-8H2,1-3H3/b18-10+,20-12?. The number of hydrogen-bond acceptors (Lipinski definition) is 5. The number of aromatic nitrogens is 1. The minimum Gasteiger partial charge on any atom is -0.474 e. The van der Waals surface area contributed by atoms with Gasteiger partial charge in [-0.1, -0.05) is 5.16 Å². The molecule has 1 aliphatic carbocycles. The van der Waals surface area contributed by atoms with Gasteiger partial charge in [-0.25, -0.2) is 9.98 Å². The van der Waals surface area contributed by atoms with Crippen LogP contribution in [0.5, 0.6) is 5.88 Å². The largest absolute Gasteiger partial charge is 0.474 e. The van der Waals surface area contributed by atoms with Gasteiger partial charge >= 0.3 is 0 Å². The highest BCUT2D eigenvalue weighted by molar-refractivity contribution is 9.10. The van der Waals surface area contributed by atoms with Gasteiger partial charge in [0.05, 0.1) is 27.9 Å². The summed E-state index contributed by atoms with van der Waals surface area (Å²) >= 11 is 3.52. The van der Waals surface area contributed by atoms with Crippen molar-refractivity contribution in [3.63, 3.8) is 0 Å². The molecule has 0 radical (unpaired) electrons. The van der Waals surface area contributed by atoms with Gasteiger partial charge in [0, 0.05) is 13.6 Å². The monoisotopic (exact) mass is 382 g/mol. The molecule has 1 saturated carbocycles. The quantitative estimate of drug-likeness (QED) is 0.362. The molecule has 1 N–H and O–H groups in total. The van der Waals surface area contributed by atoms with E-state index >= 15 is 0 Å². The maximum Gasteiger partial charge on any atom is 0.228 e. The Morgan fingerprint density at radius 2 is 2.17 bits per heavy atom. The molecule has 1 aromatic rings. The Kier molecular flexibility index (Phi) is 6.38. The highest BCUT2D eigenvalue weighted by Crippen LogP contribution is 2.32. The van der Waals surface area contributed by atoms with Gasteiger partial charge in [-0.2, -0.15) is 0 Å². The highest BCUT2D eigenvalue weighted by Gasteiger charge is 2.21. The van der Waals surface area contributed by atoms with Crippen LogP contribution in [-0.4, -0.2) is 46.8 Å². The van der Waals surface area contributed by atoms with E-state index in [0.717, 1.165) is 53.8 Å². The minimum atomic E-state index is 0.101. The lowest BCUT2D eigenvalue weighted by Gasteiger charge is -2.23. The number of oxime groups is 1. The molecule has 1 aromatic heterocycles. The lowest BCUT2D eigenvalue weighted by atomic mass is 9.96. The molecule has 6 nitrogen and oxygen atoms in total. The van der Waals surface area contributed by atoms with Gasteiger partial charge in [0.1, 0.15) is 6.10 Å². The first kappa shape index (κ1) is 17.7. The van der Waals surface area contributed by atoms with E-state index < -0.39 is 0 Å². The van der Waals surface area contributed by atoms with Gasteiger partial charge < -0.3 is 14.8 Å². The van der Waals surface area contributed by atoms with Crippen molar-refractivity contribution in [1.82, 2.24) is 9.88 Å². The Morgan fingerprint density at radius 1 is 1.48 bits per heavy atom. The normalized spacial score (nSPS) is 18.3. The van der Waals surface area contributed by atoms with Crippen LogP contribution in [0.1, 0.15) is 38.3 Å². The van der Waals surface area contributed by atoms with Crippen LogP contribution < -0.4 is 4.74 Å². The van der Waals surface area contributed by atoms with E-state index in [1.54, 1.807) is 6.34 Å². The SMILES string of the molecule is CCN(C)/C=N/c1cc(Br)c(OC2CCC(=NO)CC2)nc1C. The van der Waals surface area contributed by atoms with Crippen LogP contribution in [0.25, 0.3) is 0 Å². The number of ether oxygens (including phenoxy) is 1. The number of aliphatic imine (C=N–C) groups is 1. The number of rotatable bonds is 5.